The molecule has 0 heterocycles. The van der Waals surface area contributed by atoms with Crippen molar-refractivity contribution in [3.63, 3.8) is 0 Å². The summed E-state index contributed by atoms with van der Waals surface area (Å²) in [7, 11) is -4.40. The molecular formula is C77H140NO8P. The highest BCUT2D eigenvalue weighted by atomic mass is 31.2. The molecule has 0 spiro atoms. The van der Waals surface area contributed by atoms with Crippen LogP contribution in [0.2, 0.25) is 0 Å². The second kappa shape index (κ2) is 72.3. The summed E-state index contributed by atoms with van der Waals surface area (Å²) < 4.78 is 33.2. The number of ether oxygens (including phenoxy) is 2. The average Bonchev–Trinajstić information content (AvgIpc) is 3.64. The number of hydrogen-bond acceptors (Lipinski definition) is 8. The van der Waals surface area contributed by atoms with Crippen LogP contribution in [0.3, 0.4) is 0 Å². The van der Waals surface area contributed by atoms with Crippen molar-refractivity contribution in [1.29, 1.82) is 0 Å². The summed E-state index contributed by atoms with van der Waals surface area (Å²) >= 11 is 0. The van der Waals surface area contributed by atoms with E-state index in [1.165, 1.54) is 231 Å². The van der Waals surface area contributed by atoms with Crippen LogP contribution in [0.1, 0.15) is 361 Å². The monoisotopic (exact) mass is 1240 g/mol. The van der Waals surface area contributed by atoms with Crippen LogP contribution in [-0.4, -0.2) is 49.3 Å². The van der Waals surface area contributed by atoms with Gasteiger partial charge in [0.15, 0.2) is 6.10 Å². The molecule has 10 heteroatoms. The lowest BCUT2D eigenvalue weighted by molar-refractivity contribution is -0.161. The van der Waals surface area contributed by atoms with Crippen LogP contribution in [0.4, 0.5) is 0 Å². The van der Waals surface area contributed by atoms with Crippen molar-refractivity contribution in [3.05, 3.63) is 85.1 Å². The van der Waals surface area contributed by atoms with E-state index >= 15 is 0 Å². The fraction of sp³-hybridized carbons (Fsp3) is 0.792. The molecule has 3 N–H and O–H groups in total. The number of nitrogens with two attached hydrogens (primary N) is 1. The van der Waals surface area contributed by atoms with Crippen LogP contribution in [-0.2, 0) is 32.7 Å². The number of phosphoric acid groups is 1. The van der Waals surface area contributed by atoms with Crippen molar-refractivity contribution in [3.8, 4) is 0 Å². The fourth-order valence-corrected chi connectivity index (χ4v) is 11.6. The normalized spacial score (nSPS) is 13.4. The van der Waals surface area contributed by atoms with E-state index < -0.39 is 26.5 Å². The maximum atomic E-state index is 12.8. The van der Waals surface area contributed by atoms with Crippen LogP contribution in [0.25, 0.3) is 0 Å². The van der Waals surface area contributed by atoms with Crippen LogP contribution in [0, 0.1) is 0 Å². The zero-order chi connectivity index (χ0) is 63.0. The standard InChI is InChI=1S/C77H140NO8P/c1-3-5-7-9-11-13-15-17-19-21-23-25-27-29-30-31-32-33-34-35-36-37-38-39-40-41-42-43-44-46-47-49-51-53-55-57-59-61-63-65-67-69-76(79)83-73-75(74-85-87(81,82)84-72-71-78)86-77(80)70-68-66-64-62-60-58-56-54-52-50-48-45-28-26-24-22-20-18-16-14-12-10-8-6-4-2/h6,8,12,14,18,20-21,23-24,26,45,48,52,54,75H,3-5,7,9-11,13,15-17,19,22,25,27-44,46-47,49-51,53,55-74,78H2,1-2H3,(H,81,82)/b8-6-,14-12-,20-18-,23-21-,26-24-,48-45-,54-52-. The van der Waals surface area contributed by atoms with Gasteiger partial charge in [-0.25, -0.2) is 4.57 Å². The quantitative estimate of drug-likeness (QED) is 0.0264. The third-order valence-electron chi connectivity index (χ3n) is 16.3. The highest BCUT2D eigenvalue weighted by molar-refractivity contribution is 7.47. The highest BCUT2D eigenvalue weighted by Crippen LogP contribution is 2.43. The lowest BCUT2D eigenvalue weighted by Crippen LogP contribution is -2.29. The number of esters is 2. The molecule has 9 nitrogen and oxygen atoms in total. The van der Waals surface area contributed by atoms with E-state index in [0.717, 1.165) is 96.3 Å². The Morgan fingerprint density at radius 1 is 0.356 bits per heavy atom. The van der Waals surface area contributed by atoms with E-state index in [0.29, 0.717) is 6.42 Å². The zero-order valence-electron chi connectivity index (χ0n) is 57.0. The van der Waals surface area contributed by atoms with Crippen LogP contribution in [0.15, 0.2) is 85.1 Å². The maximum Gasteiger partial charge on any atom is 0.472 e. The minimum absolute atomic E-state index is 0.0483. The SMILES string of the molecule is CC/C=C\C/C=C\C/C=C\C/C=C\C/C=C\C/C=C\CCCCCCCCC(=O)OC(COC(=O)CCCCCCCCCCCCCCCCCCCCCCCCCCCCCCC/C=C\CCCCCCCCCC)COP(=O)(O)OCCN. The average molecular weight is 1240 g/mol. The summed E-state index contributed by atoms with van der Waals surface area (Å²) in [5.74, 6) is -0.835. The number of unbranched alkanes of at least 4 members (excludes halogenated alkanes) is 43. The topological polar surface area (TPSA) is 134 Å². The Morgan fingerprint density at radius 3 is 0.954 bits per heavy atom. The van der Waals surface area contributed by atoms with Crippen LogP contribution in [0.5, 0.6) is 0 Å². The Morgan fingerprint density at radius 2 is 0.632 bits per heavy atom. The van der Waals surface area contributed by atoms with Gasteiger partial charge in [0.2, 0.25) is 0 Å². The first-order valence-electron chi connectivity index (χ1n) is 37.1. The van der Waals surface area contributed by atoms with Gasteiger partial charge in [-0.15, -0.1) is 0 Å². The summed E-state index contributed by atoms with van der Waals surface area (Å²) in [4.78, 5) is 35.4. The molecule has 0 radical (unpaired) electrons. The Bertz CT molecular complexity index is 1700. The van der Waals surface area contributed by atoms with Gasteiger partial charge in [0, 0.05) is 19.4 Å². The molecule has 2 atom stereocenters. The smallest absolute Gasteiger partial charge is 0.462 e. The second-order valence-corrected chi connectivity index (χ2v) is 26.2. The van der Waals surface area contributed by atoms with Gasteiger partial charge in [0.25, 0.3) is 0 Å². The van der Waals surface area contributed by atoms with Gasteiger partial charge >= 0.3 is 19.8 Å². The number of hydrogen-bond donors (Lipinski definition) is 2. The zero-order valence-corrected chi connectivity index (χ0v) is 57.9. The van der Waals surface area contributed by atoms with E-state index in [9.17, 15) is 19.0 Å². The molecule has 87 heavy (non-hydrogen) atoms. The predicted octanol–water partition coefficient (Wildman–Crippen LogP) is 24.5. The summed E-state index contributed by atoms with van der Waals surface area (Å²) in [6, 6.07) is 0. The number of carbonyl (C=O) groups is 2. The van der Waals surface area contributed by atoms with Crippen molar-refractivity contribution in [2.75, 3.05) is 26.4 Å². The molecule has 0 fully saturated rings. The Balaban J connectivity index is 3.79. The van der Waals surface area contributed by atoms with E-state index in [1.54, 1.807) is 0 Å². The van der Waals surface area contributed by atoms with E-state index in [-0.39, 0.29) is 38.6 Å². The summed E-state index contributed by atoms with van der Waals surface area (Å²) in [5.41, 5.74) is 5.40. The lowest BCUT2D eigenvalue weighted by atomic mass is 10.0. The Kier molecular flexibility index (Phi) is 69.9. The molecule has 0 saturated heterocycles. The molecule has 2 unspecified atom stereocenters. The molecule has 0 aromatic carbocycles. The largest absolute Gasteiger partial charge is 0.472 e. The van der Waals surface area contributed by atoms with Crippen LogP contribution < -0.4 is 5.73 Å². The molecule has 0 saturated carbocycles. The molecule has 0 bridgehead atoms. The molecule has 0 aromatic heterocycles. The van der Waals surface area contributed by atoms with Gasteiger partial charge < -0.3 is 20.1 Å². The minimum Gasteiger partial charge on any atom is -0.462 e. The van der Waals surface area contributed by atoms with E-state index in [1.807, 2.05) is 0 Å². The van der Waals surface area contributed by atoms with Gasteiger partial charge in [-0.05, 0) is 89.9 Å². The number of phosphoric ester groups is 1. The number of allylic oxidation sites excluding steroid dienone is 14. The third kappa shape index (κ3) is 72.1. The van der Waals surface area contributed by atoms with Gasteiger partial charge in [0.05, 0.1) is 13.2 Å². The van der Waals surface area contributed by atoms with Gasteiger partial charge in [-0.2, -0.15) is 0 Å². The Labute approximate surface area is 538 Å². The molecule has 0 aromatic rings. The summed E-state index contributed by atoms with van der Waals surface area (Å²) in [6.07, 6.45) is 97.1. The predicted molar refractivity (Wildman–Crippen MR) is 376 cm³/mol. The third-order valence-corrected chi connectivity index (χ3v) is 17.2. The van der Waals surface area contributed by atoms with Gasteiger partial charge in [0.1, 0.15) is 6.61 Å². The highest BCUT2D eigenvalue weighted by Gasteiger charge is 2.26. The summed E-state index contributed by atoms with van der Waals surface area (Å²) in [6.45, 7) is 3.65. The van der Waals surface area contributed by atoms with Gasteiger partial charge in [-0.1, -0.05) is 343 Å². The second-order valence-electron chi connectivity index (χ2n) is 24.8. The maximum absolute atomic E-state index is 12.8. The minimum atomic E-state index is -4.40. The van der Waals surface area contributed by atoms with Crippen molar-refractivity contribution >= 4 is 19.8 Å². The lowest BCUT2D eigenvalue weighted by Gasteiger charge is -2.19. The van der Waals surface area contributed by atoms with Crippen molar-refractivity contribution < 1.29 is 37.6 Å². The first-order chi connectivity index (χ1) is 42.8. The van der Waals surface area contributed by atoms with Crippen LogP contribution >= 0.6 is 7.82 Å². The molecular weight excluding hydrogens is 1100 g/mol. The summed E-state index contributed by atoms with van der Waals surface area (Å²) in [5, 5.41) is 0. The Hall–Kier alpha value is -2.81. The molecule has 0 rings (SSSR count). The van der Waals surface area contributed by atoms with E-state index in [2.05, 4.69) is 98.9 Å². The van der Waals surface area contributed by atoms with Crippen molar-refractivity contribution in [2.24, 2.45) is 5.73 Å². The number of rotatable bonds is 70. The molecule has 0 aliphatic heterocycles. The van der Waals surface area contributed by atoms with Crippen molar-refractivity contribution in [2.45, 2.75) is 367 Å². The van der Waals surface area contributed by atoms with Gasteiger partial charge in [-0.3, -0.25) is 18.6 Å². The number of carbonyl (C=O) groups excluding carboxylic acids is 2. The first-order valence-corrected chi connectivity index (χ1v) is 38.6. The molecule has 0 aliphatic carbocycles. The molecule has 0 aliphatic rings. The fourth-order valence-electron chi connectivity index (χ4n) is 10.8. The molecule has 0 amide bonds. The van der Waals surface area contributed by atoms with Crippen molar-refractivity contribution in [1.82, 2.24) is 0 Å². The first kappa shape index (κ1) is 84.2. The van der Waals surface area contributed by atoms with E-state index in [4.69, 9.17) is 24.3 Å². The molecule has 506 valence electrons.